The zero-order chi connectivity index (χ0) is 13.0. The first-order valence-corrected chi connectivity index (χ1v) is 6.43. The van der Waals surface area contributed by atoms with E-state index in [2.05, 4.69) is 20.8 Å². The Bertz CT molecular complexity index is 290. The number of carbonyl (C=O) groups is 2. The normalized spacial score (nSPS) is 29.1. The smallest absolute Gasteiger partial charge is 0.303 e. The van der Waals surface area contributed by atoms with Crippen molar-refractivity contribution in [2.24, 2.45) is 11.8 Å². The molecule has 4 heteroatoms. The van der Waals surface area contributed by atoms with Crippen molar-refractivity contribution in [3.63, 3.8) is 0 Å². The summed E-state index contributed by atoms with van der Waals surface area (Å²) in [7, 11) is 0. The standard InChI is InChI=1S/C13H23NO3/c1-9-7-10(2)11(3)14(8-9)12(15)5-4-6-13(16)17/h9-11H,4-8H2,1-3H3,(H,16,17). The van der Waals surface area contributed by atoms with Crippen LogP contribution in [0.15, 0.2) is 0 Å². The summed E-state index contributed by atoms with van der Waals surface area (Å²) in [6, 6.07) is 0.281. The van der Waals surface area contributed by atoms with Gasteiger partial charge < -0.3 is 10.0 Å². The molecule has 1 N–H and O–H groups in total. The van der Waals surface area contributed by atoms with E-state index >= 15 is 0 Å². The summed E-state index contributed by atoms with van der Waals surface area (Å²) in [4.78, 5) is 24.3. The van der Waals surface area contributed by atoms with E-state index in [0.29, 0.717) is 24.7 Å². The Morgan fingerprint density at radius 2 is 1.88 bits per heavy atom. The molecule has 1 aliphatic heterocycles. The third kappa shape index (κ3) is 4.02. The summed E-state index contributed by atoms with van der Waals surface area (Å²) in [6.45, 7) is 7.25. The van der Waals surface area contributed by atoms with Gasteiger partial charge >= 0.3 is 5.97 Å². The van der Waals surface area contributed by atoms with Crippen molar-refractivity contribution in [2.45, 2.75) is 52.5 Å². The van der Waals surface area contributed by atoms with Crippen LogP contribution < -0.4 is 0 Å². The van der Waals surface area contributed by atoms with Gasteiger partial charge in [-0.05, 0) is 31.6 Å². The van der Waals surface area contributed by atoms with Crippen LogP contribution in [0.5, 0.6) is 0 Å². The third-order valence-corrected chi connectivity index (χ3v) is 3.70. The summed E-state index contributed by atoms with van der Waals surface area (Å²) in [5.74, 6) is 0.357. The quantitative estimate of drug-likeness (QED) is 0.820. The van der Waals surface area contributed by atoms with Gasteiger partial charge in [-0.25, -0.2) is 0 Å². The molecule has 0 spiro atoms. The Morgan fingerprint density at radius 3 is 2.47 bits per heavy atom. The van der Waals surface area contributed by atoms with Crippen LogP contribution in [-0.2, 0) is 9.59 Å². The molecular formula is C13H23NO3. The molecule has 4 nitrogen and oxygen atoms in total. The Morgan fingerprint density at radius 1 is 1.24 bits per heavy atom. The number of rotatable bonds is 4. The van der Waals surface area contributed by atoms with Gasteiger partial charge in [0.2, 0.25) is 5.91 Å². The molecule has 0 aromatic rings. The number of hydrogen-bond acceptors (Lipinski definition) is 2. The van der Waals surface area contributed by atoms with Gasteiger partial charge in [-0.15, -0.1) is 0 Å². The molecule has 3 atom stereocenters. The maximum absolute atomic E-state index is 12.0. The highest BCUT2D eigenvalue weighted by molar-refractivity contribution is 5.77. The highest BCUT2D eigenvalue weighted by Gasteiger charge is 2.31. The van der Waals surface area contributed by atoms with Crippen molar-refractivity contribution in [2.75, 3.05) is 6.54 Å². The summed E-state index contributed by atoms with van der Waals surface area (Å²) in [5.41, 5.74) is 0. The molecule has 1 heterocycles. The lowest BCUT2D eigenvalue weighted by Crippen LogP contribution is -2.48. The second kappa shape index (κ2) is 6.03. The van der Waals surface area contributed by atoms with Crippen molar-refractivity contribution in [3.05, 3.63) is 0 Å². The molecule has 0 bridgehead atoms. The van der Waals surface area contributed by atoms with E-state index < -0.39 is 5.97 Å². The van der Waals surface area contributed by atoms with Crippen LogP contribution in [-0.4, -0.2) is 34.5 Å². The van der Waals surface area contributed by atoms with Gasteiger partial charge in [-0.1, -0.05) is 13.8 Å². The van der Waals surface area contributed by atoms with Crippen molar-refractivity contribution in [3.8, 4) is 0 Å². The zero-order valence-electron chi connectivity index (χ0n) is 11.0. The molecule has 1 amide bonds. The monoisotopic (exact) mass is 241 g/mol. The van der Waals surface area contributed by atoms with E-state index in [0.717, 1.165) is 6.54 Å². The summed E-state index contributed by atoms with van der Waals surface area (Å²) in [6.07, 6.45) is 2.05. The second-order valence-corrected chi connectivity index (χ2v) is 5.35. The van der Waals surface area contributed by atoms with Crippen LogP contribution in [0, 0.1) is 11.8 Å². The molecule has 1 rings (SSSR count). The highest BCUT2D eigenvalue weighted by atomic mass is 16.4. The van der Waals surface area contributed by atoms with E-state index in [9.17, 15) is 9.59 Å². The number of likely N-dealkylation sites (tertiary alicyclic amines) is 1. The molecule has 0 aliphatic carbocycles. The van der Waals surface area contributed by atoms with Gasteiger partial charge in [0.25, 0.3) is 0 Å². The Hall–Kier alpha value is -1.06. The van der Waals surface area contributed by atoms with Gasteiger partial charge in [0, 0.05) is 25.4 Å². The number of carboxylic acids is 1. The number of nitrogens with zero attached hydrogens (tertiary/aromatic N) is 1. The molecule has 1 aliphatic rings. The molecular weight excluding hydrogens is 218 g/mol. The Balaban J connectivity index is 2.46. The van der Waals surface area contributed by atoms with Crippen LogP contribution in [0.2, 0.25) is 0 Å². The van der Waals surface area contributed by atoms with Gasteiger partial charge in [0.15, 0.2) is 0 Å². The predicted octanol–water partition coefficient (Wildman–Crippen LogP) is 2.13. The van der Waals surface area contributed by atoms with Crippen LogP contribution in [0.4, 0.5) is 0 Å². The maximum Gasteiger partial charge on any atom is 0.303 e. The van der Waals surface area contributed by atoms with Gasteiger partial charge in [0.05, 0.1) is 0 Å². The fourth-order valence-electron chi connectivity index (χ4n) is 2.58. The minimum atomic E-state index is -0.828. The lowest BCUT2D eigenvalue weighted by atomic mass is 9.86. The zero-order valence-corrected chi connectivity index (χ0v) is 11.0. The number of carbonyl (C=O) groups excluding carboxylic acids is 1. The van der Waals surface area contributed by atoms with Gasteiger partial charge in [-0.2, -0.15) is 0 Å². The van der Waals surface area contributed by atoms with E-state index in [1.807, 2.05) is 4.90 Å². The third-order valence-electron chi connectivity index (χ3n) is 3.70. The summed E-state index contributed by atoms with van der Waals surface area (Å²) >= 11 is 0. The first kappa shape index (κ1) is 14.0. The Labute approximate surface area is 103 Å². The molecule has 0 aromatic carbocycles. The molecule has 0 aromatic heterocycles. The lowest BCUT2D eigenvalue weighted by Gasteiger charge is -2.41. The van der Waals surface area contributed by atoms with Gasteiger partial charge in [0.1, 0.15) is 0 Å². The van der Waals surface area contributed by atoms with E-state index in [-0.39, 0.29) is 18.4 Å². The number of amides is 1. The fraction of sp³-hybridized carbons (Fsp3) is 0.846. The molecule has 98 valence electrons. The minimum absolute atomic E-state index is 0.0824. The number of aliphatic carboxylic acids is 1. The van der Waals surface area contributed by atoms with Crippen molar-refractivity contribution in [1.29, 1.82) is 0 Å². The minimum Gasteiger partial charge on any atom is -0.481 e. The molecule has 1 fully saturated rings. The van der Waals surface area contributed by atoms with E-state index in [1.54, 1.807) is 0 Å². The topological polar surface area (TPSA) is 57.6 Å². The molecule has 0 saturated carbocycles. The lowest BCUT2D eigenvalue weighted by molar-refractivity contribution is -0.138. The average molecular weight is 241 g/mol. The molecule has 0 radical (unpaired) electrons. The molecule has 3 unspecified atom stereocenters. The van der Waals surface area contributed by atoms with E-state index in [4.69, 9.17) is 5.11 Å². The average Bonchev–Trinajstić information content (AvgIpc) is 2.22. The number of piperidine rings is 1. The van der Waals surface area contributed by atoms with Crippen LogP contribution in [0.25, 0.3) is 0 Å². The van der Waals surface area contributed by atoms with Crippen LogP contribution in [0.1, 0.15) is 46.5 Å². The summed E-state index contributed by atoms with van der Waals surface area (Å²) < 4.78 is 0. The Kier molecular flexibility index (Phi) is 4.97. The maximum atomic E-state index is 12.0. The SMILES string of the molecule is CC1CC(C)C(C)N(C(=O)CCCC(=O)O)C1. The van der Waals surface area contributed by atoms with Crippen molar-refractivity contribution < 1.29 is 14.7 Å². The highest BCUT2D eigenvalue weighted by Crippen LogP contribution is 2.27. The van der Waals surface area contributed by atoms with Crippen molar-refractivity contribution >= 4 is 11.9 Å². The first-order chi connectivity index (χ1) is 7.91. The van der Waals surface area contributed by atoms with Gasteiger partial charge in [-0.3, -0.25) is 9.59 Å². The second-order valence-electron chi connectivity index (χ2n) is 5.35. The number of carboxylic acid groups (broad SMARTS) is 1. The largest absolute Gasteiger partial charge is 0.481 e. The predicted molar refractivity (Wildman–Crippen MR) is 65.6 cm³/mol. The van der Waals surface area contributed by atoms with Crippen LogP contribution in [0.3, 0.4) is 0 Å². The molecule has 1 saturated heterocycles. The van der Waals surface area contributed by atoms with E-state index in [1.165, 1.54) is 6.42 Å². The van der Waals surface area contributed by atoms with Crippen LogP contribution >= 0.6 is 0 Å². The van der Waals surface area contributed by atoms with Crippen molar-refractivity contribution in [1.82, 2.24) is 4.90 Å². The molecule has 17 heavy (non-hydrogen) atoms. The number of hydrogen-bond donors (Lipinski definition) is 1. The summed E-state index contributed by atoms with van der Waals surface area (Å²) in [5, 5.41) is 8.55. The fourth-order valence-corrected chi connectivity index (χ4v) is 2.58. The first-order valence-electron chi connectivity index (χ1n) is 6.43.